The monoisotopic (exact) mass is 247 g/mol. The van der Waals surface area contributed by atoms with E-state index in [-0.39, 0.29) is 11.6 Å². The zero-order valence-corrected chi connectivity index (χ0v) is 10.9. The van der Waals surface area contributed by atoms with Gasteiger partial charge in [-0.3, -0.25) is 0 Å². The van der Waals surface area contributed by atoms with Crippen LogP contribution in [0.5, 0.6) is 5.75 Å². The summed E-state index contributed by atoms with van der Waals surface area (Å²) < 4.78 is 11.4. The Kier molecular flexibility index (Phi) is 3.04. The molecule has 2 N–H and O–H groups in total. The van der Waals surface area contributed by atoms with Crippen LogP contribution in [0.4, 0.5) is 0 Å². The minimum absolute atomic E-state index is 0.0972. The molecular weight excluding hydrogens is 226 g/mol. The van der Waals surface area contributed by atoms with Gasteiger partial charge in [-0.2, -0.15) is 0 Å². The van der Waals surface area contributed by atoms with Crippen LogP contribution >= 0.6 is 0 Å². The van der Waals surface area contributed by atoms with Crippen LogP contribution in [0, 0.1) is 6.92 Å². The molecule has 0 saturated carbocycles. The fraction of sp³-hybridized carbons (Fsp3) is 0.600. The van der Waals surface area contributed by atoms with Crippen molar-refractivity contribution < 1.29 is 9.47 Å². The lowest BCUT2D eigenvalue weighted by atomic mass is 9.84. The molecular formula is C15H21NO2. The predicted molar refractivity (Wildman–Crippen MR) is 70.9 cm³/mol. The molecule has 3 nitrogen and oxygen atoms in total. The largest absolute Gasteiger partial charge is 0.490 e. The Balaban J connectivity index is 1.67. The number of fused-ring (bicyclic) bond motifs is 1. The van der Waals surface area contributed by atoms with Gasteiger partial charge in [0.15, 0.2) is 0 Å². The van der Waals surface area contributed by atoms with Crippen LogP contribution in [0.1, 0.15) is 30.4 Å². The van der Waals surface area contributed by atoms with Gasteiger partial charge in [-0.25, -0.2) is 0 Å². The Bertz CT molecular complexity index is 438. The maximum atomic E-state index is 6.44. The van der Waals surface area contributed by atoms with E-state index in [1.165, 1.54) is 11.1 Å². The molecule has 1 aromatic rings. The average Bonchev–Trinajstić information content (AvgIpc) is 2.70. The first-order valence-corrected chi connectivity index (χ1v) is 6.77. The van der Waals surface area contributed by atoms with Gasteiger partial charge in [0.2, 0.25) is 0 Å². The molecule has 3 rings (SSSR count). The molecule has 1 saturated heterocycles. The van der Waals surface area contributed by atoms with E-state index in [0.717, 1.165) is 44.6 Å². The normalized spacial score (nSPS) is 25.6. The van der Waals surface area contributed by atoms with E-state index >= 15 is 0 Å². The van der Waals surface area contributed by atoms with Gasteiger partial charge < -0.3 is 15.2 Å². The first-order chi connectivity index (χ1) is 8.65. The topological polar surface area (TPSA) is 44.5 Å². The Morgan fingerprint density at radius 1 is 1.33 bits per heavy atom. The summed E-state index contributed by atoms with van der Waals surface area (Å²) in [7, 11) is 0. The number of rotatable bonds is 2. The fourth-order valence-electron chi connectivity index (χ4n) is 3.00. The highest BCUT2D eigenvalue weighted by molar-refractivity contribution is 5.40. The number of hydrogen-bond acceptors (Lipinski definition) is 3. The predicted octanol–water partition coefficient (Wildman–Crippen LogP) is 2.20. The van der Waals surface area contributed by atoms with E-state index < -0.39 is 0 Å². The summed E-state index contributed by atoms with van der Waals surface area (Å²) in [6, 6.07) is 6.41. The molecule has 3 heteroatoms. The molecule has 1 aromatic carbocycles. The molecule has 0 amide bonds. The molecule has 1 fully saturated rings. The second-order valence-electron chi connectivity index (χ2n) is 5.73. The second-order valence-corrected chi connectivity index (χ2v) is 5.73. The summed E-state index contributed by atoms with van der Waals surface area (Å²) in [6.07, 6.45) is 4.07. The van der Waals surface area contributed by atoms with E-state index in [2.05, 4.69) is 25.1 Å². The summed E-state index contributed by atoms with van der Waals surface area (Å²) >= 11 is 0. The van der Waals surface area contributed by atoms with Crippen LogP contribution in [-0.4, -0.2) is 24.9 Å². The zero-order chi connectivity index (χ0) is 12.6. The lowest BCUT2D eigenvalue weighted by Crippen LogP contribution is -2.48. The standard InChI is InChI=1S/C15H21NO2/c1-11-2-3-14-12(8-11)9-13(18-14)10-15(16)4-6-17-7-5-15/h2-3,8,13H,4-7,9-10,16H2,1H3. The highest BCUT2D eigenvalue weighted by Gasteiger charge is 2.34. The Morgan fingerprint density at radius 2 is 2.11 bits per heavy atom. The first kappa shape index (κ1) is 12.0. The number of nitrogens with two attached hydrogens (primary N) is 1. The number of hydrogen-bond donors (Lipinski definition) is 1. The van der Waals surface area contributed by atoms with Gasteiger partial charge in [0, 0.05) is 31.6 Å². The maximum Gasteiger partial charge on any atom is 0.123 e. The van der Waals surface area contributed by atoms with Gasteiger partial charge in [0.05, 0.1) is 0 Å². The minimum Gasteiger partial charge on any atom is -0.490 e. The van der Waals surface area contributed by atoms with Crippen molar-refractivity contribution in [3.8, 4) is 5.75 Å². The molecule has 98 valence electrons. The fourth-order valence-corrected chi connectivity index (χ4v) is 3.00. The number of aryl methyl sites for hydroxylation is 1. The van der Waals surface area contributed by atoms with E-state index in [0.29, 0.717) is 0 Å². The van der Waals surface area contributed by atoms with Crippen molar-refractivity contribution in [2.24, 2.45) is 5.73 Å². The summed E-state index contributed by atoms with van der Waals surface area (Å²) in [5.41, 5.74) is 8.97. The molecule has 2 aliphatic rings. The Hall–Kier alpha value is -1.06. The van der Waals surface area contributed by atoms with E-state index in [9.17, 15) is 0 Å². The molecule has 2 heterocycles. The van der Waals surface area contributed by atoms with Gasteiger partial charge in [-0.15, -0.1) is 0 Å². The van der Waals surface area contributed by atoms with Gasteiger partial charge >= 0.3 is 0 Å². The molecule has 0 spiro atoms. The lowest BCUT2D eigenvalue weighted by molar-refractivity contribution is 0.0363. The third kappa shape index (κ3) is 2.38. The molecule has 2 aliphatic heterocycles. The van der Waals surface area contributed by atoms with Crippen molar-refractivity contribution in [2.45, 2.75) is 44.2 Å². The maximum absolute atomic E-state index is 6.44. The van der Waals surface area contributed by atoms with Gasteiger partial charge in [-0.05, 0) is 31.4 Å². The summed E-state index contributed by atoms with van der Waals surface area (Å²) in [6.45, 7) is 3.70. The van der Waals surface area contributed by atoms with Crippen LogP contribution in [0.2, 0.25) is 0 Å². The van der Waals surface area contributed by atoms with Crippen LogP contribution in [0.3, 0.4) is 0 Å². The van der Waals surface area contributed by atoms with Crippen molar-refractivity contribution in [1.82, 2.24) is 0 Å². The van der Waals surface area contributed by atoms with Crippen LogP contribution in [-0.2, 0) is 11.2 Å². The van der Waals surface area contributed by atoms with Crippen molar-refractivity contribution in [2.75, 3.05) is 13.2 Å². The van der Waals surface area contributed by atoms with Gasteiger partial charge in [-0.1, -0.05) is 17.7 Å². The Morgan fingerprint density at radius 3 is 2.89 bits per heavy atom. The minimum atomic E-state index is -0.0972. The van der Waals surface area contributed by atoms with Crippen LogP contribution in [0.15, 0.2) is 18.2 Å². The van der Waals surface area contributed by atoms with Crippen molar-refractivity contribution in [3.05, 3.63) is 29.3 Å². The molecule has 0 bridgehead atoms. The third-order valence-electron chi connectivity index (χ3n) is 4.08. The quantitative estimate of drug-likeness (QED) is 0.871. The number of ether oxygens (including phenoxy) is 2. The molecule has 1 atom stereocenters. The van der Waals surface area contributed by atoms with Gasteiger partial charge in [0.25, 0.3) is 0 Å². The van der Waals surface area contributed by atoms with Crippen LogP contribution in [0.25, 0.3) is 0 Å². The number of benzene rings is 1. The molecule has 18 heavy (non-hydrogen) atoms. The van der Waals surface area contributed by atoms with Crippen molar-refractivity contribution in [1.29, 1.82) is 0 Å². The SMILES string of the molecule is Cc1ccc2c(c1)CC(CC1(N)CCOCC1)O2. The van der Waals surface area contributed by atoms with E-state index in [1.807, 2.05) is 0 Å². The summed E-state index contributed by atoms with van der Waals surface area (Å²) in [4.78, 5) is 0. The molecule has 0 radical (unpaired) electrons. The Labute approximate surface area is 108 Å². The van der Waals surface area contributed by atoms with Crippen molar-refractivity contribution in [3.63, 3.8) is 0 Å². The summed E-state index contributed by atoms with van der Waals surface area (Å²) in [5, 5.41) is 0. The molecule has 0 aromatic heterocycles. The second kappa shape index (κ2) is 4.56. The molecule has 1 unspecified atom stereocenters. The van der Waals surface area contributed by atoms with E-state index in [4.69, 9.17) is 15.2 Å². The van der Waals surface area contributed by atoms with E-state index in [1.54, 1.807) is 0 Å². The average molecular weight is 247 g/mol. The summed E-state index contributed by atoms with van der Waals surface area (Å²) in [5.74, 6) is 1.04. The highest BCUT2D eigenvalue weighted by atomic mass is 16.5. The highest BCUT2D eigenvalue weighted by Crippen LogP contribution is 2.34. The third-order valence-corrected chi connectivity index (χ3v) is 4.08. The lowest BCUT2D eigenvalue weighted by Gasteiger charge is -2.35. The smallest absolute Gasteiger partial charge is 0.123 e. The van der Waals surface area contributed by atoms with Crippen molar-refractivity contribution >= 4 is 0 Å². The molecule has 0 aliphatic carbocycles. The zero-order valence-electron chi connectivity index (χ0n) is 10.9. The van der Waals surface area contributed by atoms with Crippen LogP contribution < -0.4 is 10.5 Å². The van der Waals surface area contributed by atoms with Gasteiger partial charge in [0.1, 0.15) is 11.9 Å². The first-order valence-electron chi connectivity index (χ1n) is 6.77.